The summed E-state index contributed by atoms with van der Waals surface area (Å²) in [7, 11) is 0. The maximum atomic E-state index is 10.2. The fourth-order valence-corrected chi connectivity index (χ4v) is 1.46. The van der Waals surface area contributed by atoms with E-state index in [0.717, 1.165) is 19.3 Å². The van der Waals surface area contributed by atoms with Crippen LogP contribution in [0.1, 0.15) is 52.9 Å². The van der Waals surface area contributed by atoms with Gasteiger partial charge in [0, 0.05) is 12.8 Å². The van der Waals surface area contributed by atoms with Crippen LogP contribution in [0.5, 0.6) is 0 Å². The molecule has 1 rings (SSSR count). The standard InChI is InChI=1S/C7H14O2.C5H10O/c1-2-6-3-4-7(5-8)9-6;1-3-5(6)4-2/h6-8H,2-5H2,1H3;3-4H2,1-2H3. The first-order valence-corrected chi connectivity index (χ1v) is 5.95. The Kier molecular flexibility index (Phi) is 8.62. The molecule has 90 valence electrons. The van der Waals surface area contributed by atoms with Crippen molar-refractivity contribution < 1.29 is 14.6 Å². The van der Waals surface area contributed by atoms with Crippen molar-refractivity contribution in [2.45, 2.75) is 65.1 Å². The van der Waals surface area contributed by atoms with E-state index in [1.165, 1.54) is 0 Å². The number of Topliss-reactive ketones (excluding diaryl/α,β-unsaturated/α-hetero) is 1. The molecular weight excluding hydrogens is 192 g/mol. The second-order valence-corrected chi connectivity index (χ2v) is 3.79. The molecule has 2 atom stereocenters. The van der Waals surface area contributed by atoms with E-state index in [9.17, 15) is 4.79 Å². The highest BCUT2D eigenvalue weighted by atomic mass is 16.5. The van der Waals surface area contributed by atoms with Gasteiger partial charge in [0.1, 0.15) is 5.78 Å². The third kappa shape index (κ3) is 6.63. The lowest BCUT2D eigenvalue weighted by Crippen LogP contribution is -2.13. The molecule has 1 N–H and O–H groups in total. The van der Waals surface area contributed by atoms with Crippen LogP contribution in [0.3, 0.4) is 0 Å². The summed E-state index contributed by atoms with van der Waals surface area (Å²) in [5, 5.41) is 8.65. The molecule has 15 heavy (non-hydrogen) atoms. The Labute approximate surface area is 92.8 Å². The number of hydrogen-bond acceptors (Lipinski definition) is 3. The predicted octanol–water partition coefficient (Wildman–Crippen LogP) is 2.31. The topological polar surface area (TPSA) is 46.5 Å². The van der Waals surface area contributed by atoms with Gasteiger partial charge in [-0.3, -0.25) is 4.79 Å². The van der Waals surface area contributed by atoms with Crippen molar-refractivity contribution in [2.75, 3.05) is 6.61 Å². The molecule has 1 saturated heterocycles. The van der Waals surface area contributed by atoms with Gasteiger partial charge < -0.3 is 9.84 Å². The Morgan fingerprint density at radius 2 is 1.73 bits per heavy atom. The molecule has 2 unspecified atom stereocenters. The number of carbonyl (C=O) groups is 1. The molecule has 3 nitrogen and oxygen atoms in total. The van der Waals surface area contributed by atoms with E-state index in [2.05, 4.69) is 6.92 Å². The van der Waals surface area contributed by atoms with Gasteiger partial charge in [-0.2, -0.15) is 0 Å². The van der Waals surface area contributed by atoms with Crippen LogP contribution in [0.25, 0.3) is 0 Å². The lowest BCUT2D eigenvalue weighted by atomic mass is 10.2. The Bertz CT molecular complexity index is 152. The van der Waals surface area contributed by atoms with E-state index >= 15 is 0 Å². The first-order valence-electron chi connectivity index (χ1n) is 5.95. The van der Waals surface area contributed by atoms with Crippen molar-refractivity contribution >= 4 is 5.78 Å². The van der Waals surface area contributed by atoms with Crippen LogP contribution in [-0.2, 0) is 9.53 Å². The number of ether oxygens (including phenoxy) is 1. The summed E-state index contributed by atoms with van der Waals surface area (Å²) in [6.45, 7) is 6.07. The van der Waals surface area contributed by atoms with Crippen LogP contribution in [0, 0.1) is 0 Å². The van der Waals surface area contributed by atoms with Crippen LogP contribution in [-0.4, -0.2) is 29.7 Å². The zero-order chi connectivity index (χ0) is 11.7. The fraction of sp³-hybridized carbons (Fsp3) is 0.917. The second-order valence-electron chi connectivity index (χ2n) is 3.79. The zero-order valence-corrected chi connectivity index (χ0v) is 10.2. The summed E-state index contributed by atoms with van der Waals surface area (Å²) < 4.78 is 5.41. The minimum Gasteiger partial charge on any atom is -0.394 e. The molecule has 1 heterocycles. The van der Waals surface area contributed by atoms with Crippen LogP contribution in [0.4, 0.5) is 0 Å². The molecule has 0 aliphatic carbocycles. The normalized spacial score (nSPS) is 24.5. The average Bonchev–Trinajstić information content (AvgIpc) is 2.76. The third-order valence-electron chi connectivity index (χ3n) is 2.64. The van der Waals surface area contributed by atoms with E-state index in [-0.39, 0.29) is 12.7 Å². The number of rotatable bonds is 4. The van der Waals surface area contributed by atoms with Crippen LogP contribution < -0.4 is 0 Å². The summed E-state index contributed by atoms with van der Waals surface area (Å²) in [4.78, 5) is 10.2. The van der Waals surface area contributed by atoms with Crippen molar-refractivity contribution in [1.82, 2.24) is 0 Å². The van der Waals surface area contributed by atoms with Crippen molar-refractivity contribution in [3.63, 3.8) is 0 Å². The molecule has 1 aliphatic heterocycles. The minimum absolute atomic E-state index is 0.134. The average molecular weight is 216 g/mol. The largest absolute Gasteiger partial charge is 0.394 e. The Morgan fingerprint density at radius 3 is 1.93 bits per heavy atom. The summed E-state index contributed by atoms with van der Waals surface area (Å²) in [5.41, 5.74) is 0. The molecule has 0 radical (unpaired) electrons. The number of ketones is 1. The van der Waals surface area contributed by atoms with Crippen LogP contribution in [0.15, 0.2) is 0 Å². The van der Waals surface area contributed by atoms with E-state index in [1.807, 2.05) is 13.8 Å². The summed E-state index contributed by atoms with van der Waals surface area (Å²) in [6.07, 6.45) is 5.18. The molecule has 3 heteroatoms. The smallest absolute Gasteiger partial charge is 0.132 e. The molecule has 0 bridgehead atoms. The Balaban J connectivity index is 0.000000288. The quantitative estimate of drug-likeness (QED) is 0.784. The highest BCUT2D eigenvalue weighted by Crippen LogP contribution is 2.20. The predicted molar refractivity (Wildman–Crippen MR) is 60.9 cm³/mol. The number of aliphatic hydroxyl groups excluding tert-OH is 1. The van der Waals surface area contributed by atoms with Crippen molar-refractivity contribution in [3.8, 4) is 0 Å². The maximum Gasteiger partial charge on any atom is 0.132 e. The van der Waals surface area contributed by atoms with Crippen LogP contribution >= 0.6 is 0 Å². The number of aliphatic hydroxyl groups is 1. The molecule has 1 fully saturated rings. The SMILES string of the molecule is CCC(=O)CC.CCC1CCC(CO)O1. The van der Waals surface area contributed by atoms with Gasteiger partial charge in [0.25, 0.3) is 0 Å². The number of carbonyl (C=O) groups excluding carboxylic acids is 1. The van der Waals surface area contributed by atoms with Gasteiger partial charge in [0.05, 0.1) is 18.8 Å². The van der Waals surface area contributed by atoms with Crippen molar-refractivity contribution in [3.05, 3.63) is 0 Å². The van der Waals surface area contributed by atoms with Gasteiger partial charge in [-0.25, -0.2) is 0 Å². The van der Waals surface area contributed by atoms with Crippen molar-refractivity contribution in [2.24, 2.45) is 0 Å². The first kappa shape index (κ1) is 14.6. The van der Waals surface area contributed by atoms with Gasteiger partial charge in [0.2, 0.25) is 0 Å². The Hall–Kier alpha value is -0.410. The molecular formula is C12H24O3. The highest BCUT2D eigenvalue weighted by Gasteiger charge is 2.22. The molecule has 0 spiro atoms. The van der Waals surface area contributed by atoms with E-state index in [0.29, 0.717) is 24.7 Å². The van der Waals surface area contributed by atoms with Gasteiger partial charge in [-0.05, 0) is 19.3 Å². The van der Waals surface area contributed by atoms with E-state index in [1.54, 1.807) is 0 Å². The third-order valence-corrected chi connectivity index (χ3v) is 2.64. The molecule has 1 aliphatic rings. The van der Waals surface area contributed by atoms with Gasteiger partial charge in [-0.1, -0.05) is 20.8 Å². The second kappa shape index (κ2) is 8.86. The maximum absolute atomic E-state index is 10.2. The first-order chi connectivity index (χ1) is 7.17. The van der Waals surface area contributed by atoms with Crippen LogP contribution in [0.2, 0.25) is 0 Å². The summed E-state index contributed by atoms with van der Waals surface area (Å²) in [6, 6.07) is 0. The lowest BCUT2D eigenvalue weighted by molar-refractivity contribution is -0.118. The van der Waals surface area contributed by atoms with E-state index in [4.69, 9.17) is 9.84 Å². The monoisotopic (exact) mass is 216 g/mol. The molecule has 0 aromatic rings. The van der Waals surface area contributed by atoms with Gasteiger partial charge in [0.15, 0.2) is 0 Å². The van der Waals surface area contributed by atoms with Gasteiger partial charge in [-0.15, -0.1) is 0 Å². The highest BCUT2D eigenvalue weighted by molar-refractivity contribution is 5.77. The molecule has 0 amide bonds. The van der Waals surface area contributed by atoms with E-state index < -0.39 is 0 Å². The fourth-order valence-electron chi connectivity index (χ4n) is 1.46. The van der Waals surface area contributed by atoms with Gasteiger partial charge >= 0.3 is 0 Å². The minimum atomic E-state index is 0.134. The molecule has 0 saturated carbocycles. The Morgan fingerprint density at radius 1 is 1.20 bits per heavy atom. The molecule has 0 aromatic carbocycles. The summed E-state index contributed by atoms with van der Waals surface area (Å²) in [5.74, 6) is 0.343. The summed E-state index contributed by atoms with van der Waals surface area (Å²) >= 11 is 0. The molecule has 0 aromatic heterocycles. The zero-order valence-electron chi connectivity index (χ0n) is 10.2. The number of hydrogen-bond donors (Lipinski definition) is 1. The lowest BCUT2D eigenvalue weighted by Gasteiger charge is -2.08. The van der Waals surface area contributed by atoms with Crippen molar-refractivity contribution in [1.29, 1.82) is 0 Å².